The lowest BCUT2D eigenvalue weighted by atomic mass is 9.52. The number of ketones is 1. The molecule has 54 heavy (non-hydrogen) atoms. The number of benzene rings is 2. The van der Waals surface area contributed by atoms with Crippen LogP contribution in [0, 0.1) is 11.3 Å². The number of carbonyl (C=O) groups is 4. The summed E-state index contributed by atoms with van der Waals surface area (Å²) in [5, 5.41) is 61.1. The normalized spacial score (nSPS) is 32.6. The zero-order valence-electron chi connectivity index (χ0n) is 31.5. The van der Waals surface area contributed by atoms with Crippen molar-refractivity contribution >= 4 is 23.8 Å². The number of hydrogen-bond donors (Lipinski definition) is 6. The van der Waals surface area contributed by atoms with Crippen molar-refractivity contribution in [2.75, 3.05) is 6.61 Å². The van der Waals surface area contributed by atoms with Gasteiger partial charge in [0.1, 0.15) is 29.5 Å². The van der Waals surface area contributed by atoms with Gasteiger partial charge in [-0.15, -0.1) is 0 Å². The van der Waals surface area contributed by atoms with Crippen LogP contribution in [0.3, 0.4) is 0 Å². The lowest BCUT2D eigenvalue weighted by molar-refractivity contribution is -0.326. The van der Waals surface area contributed by atoms with Crippen molar-refractivity contribution in [1.82, 2.24) is 5.32 Å². The largest absolute Gasteiger partial charge is 0.458 e. The van der Waals surface area contributed by atoms with Gasteiger partial charge in [-0.1, -0.05) is 48.5 Å². The van der Waals surface area contributed by atoms with Crippen molar-refractivity contribution in [2.24, 2.45) is 11.3 Å². The molecule has 2 fully saturated rings. The maximum atomic E-state index is 14.6. The van der Waals surface area contributed by atoms with Crippen molar-refractivity contribution in [2.45, 2.75) is 121 Å². The monoisotopic (exact) mass is 753 g/mol. The molecule has 10 atom stereocenters. The van der Waals surface area contributed by atoms with Crippen LogP contribution in [0.5, 0.6) is 0 Å². The van der Waals surface area contributed by atoms with E-state index in [1.807, 2.05) is 0 Å². The minimum absolute atomic E-state index is 0.00819. The predicted molar refractivity (Wildman–Crippen MR) is 192 cm³/mol. The van der Waals surface area contributed by atoms with Crippen LogP contribution in [0.25, 0.3) is 0 Å². The van der Waals surface area contributed by atoms with E-state index in [9.17, 15) is 44.7 Å². The van der Waals surface area contributed by atoms with E-state index >= 15 is 0 Å². The molecule has 2 aromatic rings. The molecule has 1 heterocycles. The first-order chi connectivity index (χ1) is 25.1. The van der Waals surface area contributed by atoms with Crippen LogP contribution in [-0.4, -0.2) is 109 Å². The van der Waals surface area contributed by atoms with Crippen LogP contribution >= 0.6 is 0 Å². The third kappa shape index (κ3) is 7.95. The molecule has 14 nitrogen and oxygen atoms in total. The Balaban J connectivity index is 1.62. The van der Waals surface area contributed by atoms with Gasteiger partial charge in [0.05, 0.1) is 41.4 Å². The van der Waals surface area contributed by atoms with Gasteiger partial charge in [0, 0.05) is 18.8 Å². The van der Waals surface area contributed by atoms with E-state index in [4.69, 9.17) is 18.9 Å². The molecule has 1 aliphatic heterocycles. The SMILES string of the molecule is C/C1=C(/C(C)(C)O)[C@@H](O)C(=O)[C@@]2(C)C([C@H](OC(=O)c3ccccc3)C[C@@H]1OC(=O)[C@H](O)[C@@H](NC(=O)OC(C)(C)C)c1ccccc1)[C@]1(O)CO[C@@H]1C[C@@H]2O. The molecule has 5 rings (SSSR count). The molecule has 0 radical (unpaired) electrons. The van der Waals surface area contributed by atoms with Crippen molar-refractivity contribution in [3.05, 3.63) is 82.9 Å². The summed E-state index contributed by atoms with van der Waals surface area (Å²) in [6.45, 7) is 10.1. The summed E-state index contributed by atoms with van der Waals surface area (Å²) in [5.74, 6) is -4.50. The predicted octanol–water partition coefficient (Wildman–Crippen LogP) is 2.69. The number of rotatable bonds is 8. The summed E-state index contributed by atoms with van der Waals surface area (Å²) >= 11 is 0. The number of ether oxygens (including phenoxy) is 4. The number of carbonyl (C=O) groups excluding carboxylic acids is 4. The first kappa shape index (κ1) is 41.0. The highest BCUT2D eigenvalue weighted by atomic mass is 16.6. The fourth-order valence-corrected chi connectivity index (χ4v) is 8.11. The topological polar surface area (TPSA) is 218 Å². The van der Waals surface area contributed by atoms with Crippen molar-refractivity contribution in [3.63, 3.8) is 0 Å². The van der Waals surface area contributed by atoms with Gasteiger partial charge in [-0.25, -0.2) is 14.4 Å². The van der Waals surface area contributed by atoms with Crippen LogP contribution in [0.15, 0.2) is 71.8 Å². The average molecular weight is 754 g/mol. The summed E-state index contributed by atoms with van der Waals surface area (Å²) in [5.41, 5.74) is -6.47. The fourth-order valence-electron chi connectivity index (χ4n) is 8.11. The van der Waals surface area contributed by atoms with E-state index in [1.165, 1.54) is 39.8 Å². The van der Waals surface area contributed by atoms with Crippen LogP contribution in [0.2, 0.25) is 0 Å². The molecule has 0 spiro atoms. The van der Waals surface area contributed by atoms with E-state index < -0.39 is 101 Å². The number of aliphatic hydroxyl groups excluding tert-OH is 3. The average Bonchev–Trinajstić information content (AvgIpc) is 3.11. The number of esters is 2. The van der Waals surface area contributed by atoms with Gasteiger partial charge >= 0.3 is 18.0 Å². The van der Waals surface area contributed by atoms with E-state index in [-0.39, 0.29) is 29.7 Å². The van der Waals surface area contributed by atoms with E-state index in [1.54, 1.807) is 69.3 Å². The highest BCUT2D eigenvalue weighted by Gasteiger charge is 2.70. The molecule has 0 aromatic heterocycles. The number of hydrogen-bond acceptors (Lipinski definition) is 13. The van der Waals surface area contributed by atoms with Crippen molar-refractivity contribution in [3.8, 4) is 0 Å². The Kier molecular flexibility index (Phi) is 11.5. The molecule has 2 aromatic carbocycles. The van der Waals surface area contributed by atoms with Gasteiger partial charge in [-0.05, 0) is 77.3 Å². The van der Waals surface area contributed by atoms with Crippen molar-refractivity contribution < 1.29 is 63.7 Å². The maximum absolute atomic E-state index is 14.6. The number of fused-ring (bicyclic) bond motifs is 3. The van der Waals surface area contributed by atoms with Gasteiger partial charge < -0.3 is 49.8 Å². The van der Waals surface area contributed by atoms with Gasteiger partial charge in [0.25, 0.3) is 0 Å². The second-order valence-corrected chi connectivity index (χ2v) is 16.2. The Morgan fingerprint density at radius 3 is 2.07 bits per heavy atom. The van der Waals surface area contributed by atoms with Crippen LogP contribution in [0.1, 0.15) is 83.3 Å². The van der Waals surface area contributed by atoms with E-state index in [0.717, 1.165) is 0 Å². The first-order valence-electron chi connectivity index (χ1n) is 18.0. The third-order valence-corrected chi connectivity index (χ3v) is 10.7. The smallest absolute Gasteiger partial charge is 0.408 e. The highest BCUT2D eigenvalue weighted by molar-refractivity contribution is 5.93. The number of alkyl carbamates (subject to hydrolysis) is 1. The molecule has 6 N–H and O–H groups in total. The Hall–Kier alpha value is -4.18. The van der Waals surface area contributed by atoms with Crippen molar-refractivity contribution in [1.29, 1.82) is 0 Å². The maximum Gasteiger partial charge on any atom is 0.408 e. The second-order valence-electron chi connectivity index (χ2n) is 16.2. The quantitative estimate of drug-likeness (QED) is 0.130. The zero-order chi connectivity index (χ0) is 40.0. The Morgan fingerprint density at radius 2 is 1.54 bits per heavy atom. The second kappa shape index (κ2) is 15.2. The summed E-state index contributed by atoms with van der Waals surface area (Å²) in [6.07, 6.45) is -11.2. The van der Waals surface area contributed by atoms with Crippen LogP contribution in [-0.2, 0) is 28.5 Å². The molecule has 1 amide bonds. The van der Waals surface area contributed by atoms with E-state index in [2.05, 4.69) is 5.32 Å². The van der Waals surface area contributed by atoms with Crippen LogP contribution < -0.4 is 5.32 Å². The highest BCUT2D eigenvalue weighted by Crippen LogP contribution is 2.56. The first-order valence-corrected chi connectivity index (χ1v) is 18.0. The molecule has 294 valence electrons. The van der Waals surface area contributed by atoms with Gasteiger partial charge in [-0.3, -0.25) is 4.79 Å². The van der Waals surface area contributed by atoms with Gasteiger partial charge in [0.15, 0.2) is 11.9 Å². The molecule has 0 bridgehead atoms. The lowest BCUT2D eigenvalue weighted by Gasteiger charge is -2.62. The Labute approximate surface area is 314 Å². The Morgan fingerprint density at radius 1 is 0.944 bits per heavy atom. The molecule has 14 heteroatoms. The molecule has 3 aliphatic rings. The molecular weight excluding hydrogens is 702 g/mol. The van der Waals surface area contributed by atoms with Gasteiger partial charge in [-0.2, -0.15) is 0 Å². The third-order valence-electron chi connectivity index (χ3n) is 10.7. The number of aliphatic hydroxyl groups is 5. The molecule has 1 unspecified atom stereocenters. The molecule has 1 saturated heterocycles. The van der Waals surface area contributed by atoms with E-state index in [0.29, 0.717) is 5.56 Å². The number of Topliss-reactive ketones (excluding diaryl/α,β-unsaturated/α-hetero) is 1. The van der Waals surface area contributed by atoms with Gasteiger partial charge in [0.2, 0.25) is 0 Å². The lowest BCUT2D eigenvalue weighted by Crippen LogP contribution is -2.76. The molecule has 1 saturated carbocycles. The minimum Gasteiger partial charge on any atom is -0.458 e. The standard InChI is InChI=1S/C40H51NO13/c1-21-24(52-35(47)31(44)29(22-14-10-8-11-15-22)41-36(48)54-37(2,3)4)18-25(53-34(46)23-16-12-9-13-17-23)32-39(7,26(42)19-27-40(32,50)20-51-27)33(45)30(43)28(21)38(5,6)49/h8-17,24-27,29-32,42-44,49-50H,18-20H2,1-7H3,(H,41,48)/b28-21-/t24-,25+,26-,27+,29-,30+,31+,32?,39+,40-/m0/s1. The number of nitrogens with one attached hydrogen (secondary N) is 1. The summed E-state index contributed by atoms with van der Waals surface area (Å²) < 4.78 is 23.1. The summed E-state index contributed by atoms with van der Waals surface area (Å²) in [6, 6.07) is 14.7. The van der Waals surface area contributed by atoms with Crippen LogP contribution in [0.4, 0.5) is 4.79 Å². The Bertz CT molecular complexity index is 1750. The summed E-state index contributed by atoms with van der Waals surface area (Å²) in [7, 11) is 0. The summed E-state index contributed by atoms with van der Waals surface area (Å²) in [4.78, 5) is 55.3. The minimum atomic E-state index is -2.09. The number of amides is 1. The fraction of sp³-hybridized carbons (Fsp3) is 0.550. The molecular formula is C40H51NO13. The zero-order valence-corrected chi connectivity index (χ0v) is 31.5. The molecule has 2 aliphatic carbocycles.